The van der Waals surface area contributed by atoms with Crippen molar-refractivity contribution in [2.45, 2.75) is 6.29 Å². The second kappa shape index (κ2) is 5.97. The van der Waals surface area contributed by atoms with Gasteiger partial charge in [0, 0.05) is 25.9 Å². The van der Waals surface area contributed by atoms with Gasteiger partial charge in [-0.05, 0) is 11.6 Å². The second-order valence-electron chi connectivity index (χ2n) is 2.89. The van der Waals surface area contributed by atoms with Crippen LogP contribution in [0.2, 0.25) is 0 Å². The highest BCUT2D eigenvalue weighted by atomic mass is 16.7. The normalized spacial score (nSPS) is 10.8. The van der Waals surface area contributed by atoms with Crippen molar-refractivity contribution in [1.82, 2.24) is 0 Å². The molecule has 0 aliphatic rings. The summed E-state index contributed by atoms with van der Waals surface area (Å²) in [4.78, 5) is 0. The average Bonchev–Trinajstić information content (AvgIpc) is 2.29. The highest BCUT2D eigenvalue weighted by Gasteiger charge is 2.11. The second-order valence-corrected chi connectivity index (χ2v) is 2.89. The number of nitrogens with zero attached hydrogens (tertiary/aromatic N) is 1. The van der Waals surface area contributed by atoms with Crippen molar-refractivity contribution in [2.75, 3.05) is 14.2 Å². The van der Waals surface area contributed by atoms with Gasteiger partial charge in [-0.1, -0.05) is 24.3 Å². The monoisotopic (exact) mass is 203 g/mol. The molecule has 0 radical (unpaired) electrons. The Morgan fingerprint density at radius 1 is 1.27 bits per heavy atom. The number of benzene rings is 1. The number of allylic oxidation sites excluding steroid dienone is 1. The van der Waals surface area contributed by atoms with E-state index in [0.29, 0.717) is 0 Å². The van der Waals surface area contributed by atoms with E-state index in [4.69, 9.17) is 14.7 Å². The number of methoxy groups -OCH3 is 2. The molecule has 0 saturated carbocycles. The lowest BCUT2D eigenvalue weighted by molar-refractivity contribution is -0.106. The SMILES string of the molecule is COC(OC)c1ccccc1C=CC#N. The Kier molecular flexibility index (Phi) is 4.55. The van der Waals surface area contributed by atoms with E-state index in [-0.39, 0.29) is 0 Å². The van der Waals surface area contributed by atoms with Crippen molar-refractivity contribution in [3.8, 4) is 6.07 Å². The van der Waals surface area contributed by atoms with Gasteiger partial charge < -0.3 is 9.47 Å². The van der Waals surface area contributed by atoms with Crippen LogP contribution >= 0.6 is 0 Å². The third-order valence-corrected chi connectivity index (χ3v) is 2.02. The van der Waals surface area contributed by atoms with Gasteiger partial charge in [0.1, 0.15) is 0 Å². The molecule has 0 heterocycles. The Morgan fingerprint density at radius 2 is 1.93 bits per heavy atom. The van der Waals surface area contributed by atoms with E-state index < -0.39 is 6.29 Å². The van der Waals surface area contributed by atoms with Gasteiger partial charge in [-0.2, -0.15) is 5.26 Å². The molecule has 1 aromatic rings. The van der Waals surface area contributed by atoms with Crippen molar-refractivity contribution in [1.29, 1.82) is 5.26 Å². The molecule has 0 spiro atoms. The van der Waals surface area contributed by atoms with Gasteiger partial charge in [0.05, 0.1) is 6.07 Å². The van der Waals surface area contributed by atoms with Gasteiger partial charge in [0.25, 0.3) is 0 Å². The zero-order chi connectivity index (χ0) is 11.1. The van der Waals surface area contributed by atoms with E-state index in [2.05, 4.69) is 0 Å². The molecule has 1 aromatic carbocycles. The first-order valence-corrected chi connectivity index (χ1v) is 4.54. The summed E-state index contributed by atoms with van der Waals surface area (Å²) in [7, 11) is 3.16. The van der Waals surface area contributed by atoms with Gasteiger partial charge in [-0.15, -0.1) is 0 Å². The van der Waals surface area contributed by atoms with Crippen LogP contribution in [0.4, 0.5) is 0 Å². The summed E-state index contributed by atoms with van der Waals surface area (Å²) in [5.41, 5.74) is 1.83. The van der Waals surface area contributed by atoms with Crippen LogP contribution in [0.15, 0.2) is 30.3 Å². The number of rotatable bonds is 4. The Hall–Kier alpha value is -1.63. The summed E-state index contributed by atoms with van der Waals surface area (Å²) in [5, 5.41) is 8.47. The standard InChI is InChI=1S/C12H13NO2/c1-14-12(15-2)11-8-4-3-6-10(11)7-5-9-13/h3-8,12H,1-2H3. The molecule has 0 aliphatic heterocycles. The summed E-state index contributed by atoms with van der Waals surface area (Å²) in [6, 6.07) is 9.59. The molecule has 0 amide bonds. The van der Waals surface area contributed by atoms with Crippen molar-refractivity contribution in [2.24, 2.45) is 0 Å². The van der Waals surface area contributed by atoms with Crippen molar-refractivity contribution < 1.29 is 9.47 Å². The van der Waals surface area contributed by atoms with E-state index in [1.54, 1.807) is 20.3 Å². The Bertz CT molecular complexity index is 375. The van der Waals surface area contributed by atoms with Crippen LogP contribution in [-0.4, -0.2) is 14.2 Å². The third kappa shape index (κ3) is 2.91. The molecule has 3 nitrogen and oxygen atoms in total. The lowest BCUT2D eigenvalue weighted by atomic mass is 10.1. The van der Waals surface area contributed by atoms with Gasteiger partial charge in [0.2, 0.25) is 0 Å². The van der Waals surface area contributed by atoms with Crippen LogP contribution in [-0.2, 0) is 9.47 Å². The summed E-state index contributed by atoms with van der Waals surface area (Å²) in [6.07, 6.45) is 2.77. The van der Waals surface area contributed by atoms with Crippen molar-refractivity contribution in [3.05, 3.63) is 41.5 Å². The van der Waals surface area contributed by atoms with E-state index in [0.717, 1.165) is 11.1 Å². The fraction of sp³-hybridized carbons (Fsp3) is 0.250. The predicted octanol–water partition coefficient (Wildman–Crippen LogP) is 2.51. The van der Waals surface area contributed by atoms with Crippen molar-refractivity contribution >= 4 is 6.08 Å². The first-order chi connectivity index (χ1) is 7.33. The molecule has 0 unspecified atom stereocenters. The van der Waals surface area contributed by atoms with Gasteiger partial charge in [0.15, 0.2) is 6.29 Å². The van der Waals surface area contributed by atoms with E-state index in [9.17, 15) is 0 Å². The summed E-state index contributed by atoms with van der Waals surface area (Å²) in [5.74, 6) is 0. The zero-order valence-electron chi connectivity index (χ0n) is 8.81. The van der Waals surface area contributed by atoms with E-state index in [1.165, 1.54) is 6.08 Å². The molecular formula is C12H13NO2. The highest BCUT2D eigenvalue weighted by Crippen LogP contribution is 2.22. The number of nitriles is 1. The van der Waals surface area contributed by atoms with E-state index in [1.807, 2.05) is 30.3 Å². The lowest BCUT2D eigenvalue weighted by Crippen LogP contribution is -2.05. The fourth-order valence-electron chi connectivity index (χ4n) is 1.35. The topological polar surface area (TPSA) is 42.2 Å². The first kappa shape index (κ1) is 11.4. The van der Waals surface area contributed by atoms with Gasteiger partial charge in [-0.25, -0.2) is 0 Å². The molecule has 0 bridgehead atoms. The summed E-state index contributed by atoms with van der Waals surface area (Å²) in [6.45, 7) is 0. The minimum absolute atomic E-state index is 0.399. The van der Waals surface area contributed by atoms with Crippen LogP contribution in [0.1, 0.15) is 17.4 Å². The summed E-state index contributed by atoms with van der Waals surface area (Å²) >= 11 is 0. The zero-order valence-corrected chi connectivity index (χ0v) is 8.81. The predicted molar refractivity (Wildman–Crippen MR) is 57.8 cm³/mol. The van der Waals surface area contributed by atoms with E-state index >= 15 is 0 Å². The maximum atomic E-state index is 8.47. The molecule has 78 valence electrons. The smallest absolute Gasteiger partial charge is 0.183 e. The molecule has 3 heteroatoms. The molecule has 0 atom stereocenters. The van der Waals surface area contributed by atoms with Crippen LogP contribution in [0.25, 0.3) is 6.08 Å². The largest absolute Gasteiger partial charge is 0.352 e. The third-order valence-electron chi connectivity index (χ3n) is 2.02. The molecular weight excluding hydrogens is 190 g/mol. The molecule has 1 rings (SSSR count). The lowest BCUT2D eigenvalue weighted by Gasteiger charge is -2.15. The fourth-order valence-corrected chi connectivity index (χ4v) is 1.35. The van der Waals surface area contributed by atoms with Crippen LogP contribution in [0.3, 0.4) is 0 Å². The quantitative estimate of drug-likeness (QED) is 0.557. The minimum Gasteiger partial charge on any atom is -0.352 e. The van der Waals surface area contributed by atoms with Crippen LogP contribution in [0, 0.1) is 11.3 Å². The van der Waals surface area contributed by atoms with Crippen molar-refractivity contribution in [3.63, 3.8) is 0 Å². The Labute approximate surface area is 89.6 Å². The molecule has 0 aromatic heterocycles. The highest BCUT2D eigenvalue weighted by molar-refractivity contribution is 5.56. The average molecular weight is 203 g/mol. The maximum absolute atomic E-state index is 8.47. The number of ether oxygens (including phenoxy) is 2. The number of hydrogen-bond donors (Lipinski definition) is 0. The number of hydrogen-bond acceptors (Lipinski definition) is 3. The first-order valence-electron chi connectivity index (χ1n) is 4.54. The minimum atomic E-state index is -0.399. The van der Waals surface area contributed by atoms with Crippen LogP contribution in [0.5, 0.6) is 0 Å². The van der Waals surface area contributed by atoms with Crippen LogP contribution < -0.4 is 0 Å². The van der Waals surface area contributed by atoms with Gasteiger partial charge in [-0.3, -0.25) is 0 Å². The molecule has 15 heavy (non-hydrogen) atoms. The molecule has 0 aliphatic carbocycles. The molecule has 0 fully saturated rings. The maximum Gasteiger partial charge on any atom is 0.183 e. The summed E-state index contributed by atoms with van der Waals surface area (Å²) < 4.78 is 10.3. The van der Waals surface area contributed by atoms with Gasteiger partial charge >= 0.3 is 0 Å². The Balaban J connectivity index is 3.06. The Morgan fingerprint density at radius 3 is 2.53 bits per heavy atom. The molecule has 0 N–H and O–H groups in total. The molecule has 0 saturated heterocycles.